The molecule has 4 nitrogen and oxygen atoms in total. The lowest BCUT2D eigenvalue weighted by Crippen LogP contribution is -2.40. The lowest BCUT2D eigenvalue weighted by molar-refractivity contribution is -0.0251. The maximum atomic E-state index is 11.7. The lowest BCUT2D eigenvalue weighted by atomic mass is 10.1. The van der Waals surface area contributed by atoms with E-state index in [0.29, 0.717) is 10.6 Å². The zero-order valence-corrected chi connectivity index (χ0v) is 10.2. The van der Waals surface area contributed by atoms with Gasteiger partial charge in [0.05, 0.1) is 6.10 Å². The highest BCUT2D eigenvalue weighted by atomic mass is 35.5. The summed E-state index contributed by atoms with van der Waals surface area (Å²) in [7, 11) is 0. The predicted octanol–water partition coefficient (Wildman–Crippen LogP) is 1.75. The van der Waals surface area contributed by atoms with Gasteiger partial charge < -0.3 is 5.32 Å². The van der Waals surface area contributed by atoms with E-state index >= 15 is 0 Å². The van der Waals surface area contributed by atoms with Crippen LogP contribution in [0.5, 0.6) is 0 Å². The van der Waals surface area contributed by atoms with Gasteiger partial charge in [0.15, 0.2) is 0 Å². The minimum atomic E-state index is -0.266. The number of hydrogen-bond donors (Lipinski definition) is 2. The third-order valence-electron chi connectivity index (χ3n) is 2.66. The molecule has 1 heterocycles. The first-order valence-corrected chi connectivity index (χ1v) is 6.06. The van der Waals surface area contributed by atoms with Crippen molar-refractivity contribution in [3.63, 3.8) is 0 Å². The highest BCUT2D eigenvalue weighted by Crippen LogP contribution is 2.11. The van der Waals surface area contributed by atoms with Crippen molar-refractivity contribution < 1.29 is 9.63 Å². The number of hydrogen-bond acceptors (Lipinski definition) is 3. The number of nitrogens with one attached hydrogen (secondary N) is 2. The molecule has 2 N–H and O–H groups in total. The van der Waals surface area contributed by atoms with Gasteiger partial charge in [-0.25, -0.2) is 5.48 Å². The van der Waals surface area contributed by atoms with Crippen LogP contribution in [0.15, 0.2) is 24.3 Å². The Balaban J connectivity index is 1.84. The Morgan fingerprint density at radius 3 is 3.12 bits per heavy atom. The first-order valence-electron chi connectivity index (χ1n) is 5.68. The molecular formula is C12H15ClN2O2. The lowest BCUT2D eigenvalue weighted by Gasteiger charge is -2.22. The number of amides is 1. The van der Waals surface area contributed by atoms with Gasteiger partial charge in [0.25, 0.3) is 5.91 Å². The minimum Gasteiger partial charge on any atom is -0.314 e. The van der Waals surface area contributed by atoms with E-state index in [1.165, 1.54) is 0 Å². The van der Waals surface area contributed by atoms with Gasteiger partial charge >= 0.3 is 0 Å². The van der Waals surface area contributed by atoms with Crippen LogP contribution in [0.25, 0.3) is 0 Å². The molecule has 92 valence electrons. The van der Waals surface area contributed by atoms with Gasteiger partial charge in [0.1, 0.15) is 0 Å². The summed E-state index contributed by atoms with van der Waals surface area (Å²) < 4.78 is 0. The standard InChI is InChI=1S/C12H15ClN2O2/c13-10-4-1-3-9(7-10)12(16)15-17-11-5-2-6-14-8-11/h1,3-4,7,11,14H,2,5-6,8H2,(H,15,16). The minimum absolute atomic E-state index is 0.0480. The summed E-state index contributed by atoms with van der Waals surface area (Å²) in [4.78, 5) is 17.1. The van der Waals surface area contributed by atoms with Crippen LogP contribution in [-0.2, 0) is 4.84 Å². The monoisotopic (exact) mass is 254 g/mol. The van der Waals surface area contributed by atoms with Crippen molar-refractivity contribution in [3.05, 3.63) is 34.9 Å². The summed E-state index contributed by atoms with van der Waals surface area (Å²) in [6, 6.07) is 6.77. The number of carbonyl (C=O) groups is 1. The van der Waals surface area contributed by atoms with E-state index in [2.05, 4.69) is 10.8 Å². The molecule has 17 heavy (non-hydrogen) atoms. The number of rotatable bonds is 3. The molecule has 0 radical (unpaired) electrons. The Bertz CT molecular complexity index is 392. The Kier molecular flexibility index (Phi) is 4.36. The summed E-state index contributed by atoms with van der Waals surface area (Å²) in [6.45, 7) is 1.79. The second kappa shape index (κ2) is 6.00. The van der Waals surface area contributed by atoms with Crippen molar-refractivity contribution in [2.24, 2.45) is 0 Å². The van der Waals surface area contributed by atoms with Gasteiger partial charge in [0, 0.05) is 17.1 Å². The van der Waals surface area contributed by atoms with Crippen LogP contribution in [-0.4, -0.2) is 25.1 Å². The van der Waals surface area contributed by atoms with E-state index in [1.807, 2.05) is 0 Å². The van der Waals surface area contributed by atoms with Crippen LogP contribution in [0.2, 0.25) is 5.02 Å². The zero-order valence-electron chi connectivity index (χ0n) is 9.41. The van der Waals surface area contributed by atoms with Crippen LogP contribution in [0.3, 0.4) is 0 Å². The van der Waals surface area contributed by atoms with Crippen LogP contribution in [0.1, 0.15) is 23.2 Å². The summed E-state index contributed by atoms with van der Waals surface area (Å²) in [5.74, 6) is -0.266. The fourth-order valence-electron chi connectivity index (χ4n) is 1.75. The van der Waals surface area contributed by atoms with Crippen LogP contribution in [0, 0.1) is 0 Å². The second-order valence-electron chi connectivity index (χ2n) is 4.03. The van der Waals surface area contributed by atoms with E-state index < -0.39 is 0 Å². The molecule has 0 bridgehead atoms. The van der Waals surface area contributed by atoms with Crippen molar-refractivity contribution in [1.82, 2.24) is 10.8 Å². The van der Waals surface area contributed by atoms with E-state index in [-0.39, 0.29) is 12.0 Å². The molecule has 1 amide bonds. The number of carbonyl (C=O) groups excluding carboxylic acids is 1. The van der Waals surface area contributed by atoms with Crippen molar-refractivity contribution in [2.45, 2.75) is 18.9 Å². The van der Waals surface area contributed by atoms with Gasteiger partial charge in [-0.15, -0.1) is 0 Å². The molecule has 0 aromatic heterocycles. The van der Waals surface area contributed by atoms with E-state index in [1.54, 1.807) is 24.3 Å². The van der Waals surface area contributed by atoms with Crippen LogP contribution < -0.4 is 10.8 Å². The third kappa shape index (κ3) is 3.70. The summed E-state index contributed by atoms with van der Waals surface area (Å²) in [5, 5.41) is 3.75. The fraction of sp³-hybridized carbons (Fsp3) is 0.417. The smallest absolute Gasteiger partial charge is 0.274 e. The Hall–Kier alpha value is -1.10. The molecule has 1 aliphatic heterocycles. The number of piperidine rings is 1. The molecule has 1 unspecified atom stereocenters. The van der Waals surface area contributed by atoms with Crippen LogP contribution in [0.4, 0.5) is 0 Å². The maximum Gasteiger partial charge on any atom is 0.274 e. The molecule has 1 aromatic carbocycles. The number of halogens is 1. The van der Waals surface area contributed by atoms with Gasteiger partial charge in [0.2, 0.25) is 0 Å². The maximum absolute atomic E-state index is 11.7. The quantitative estimate of drug-likeness (QED) is 0.808. The van der Waals surface area contributed by atoms with Gasteiger partial charge in [-0.3, -0.25) is 9.63 Å². The third-order valence-corrected chi connectivity index (χ3v) is 2.89. The van der Waals surface area contributed by atoms with Gasteiger partial charge in [-0.05, 0) is 37.6 Å². The molecule has 0 aliphatic carbocycles. The van der Waals surface area contributed by atoms with Gasteiger partial charge in [-0.2, -0.15) is 0 Å². The van der Waals surface area contributed by atoms with Gasteiger partial charge in [-0.1, -0.05) is 17.7 Å². The topological polar surface area (TPSA) is 50.4 Å². The first-order chi connectivity index (χ1) is 8.25. The highest BCUT2D eigenvalue weighted by molar-refractivity contribution is 6.30. The normalized spacial score (nSPS) is 19.9. The average Bonchev–Trinajstić information content (AvgIpc) is 2.37. The molecule has 1 aliphatic rings. The predicted molar refractivity (Wildman–Crippen MR) is 65.9 cm³/mol. The average molecular weight is 255 g/mol. The summed E-state index contributed by atoms with van der Waals surface area (Å²) in [6.07, 6.45) is 2.08. The molecule has 0 spiro atoms. The fourth-order valence-corrected chi connectivity index (χ4v) is 1.94. The van der Waals surface area contributed by atoms with Crippen molar-refractivity contribution >= 4 is 17.5 Å². The number of benzene rings is 1. The molecule has 0 saturated carbocycles. The summed E-state index contributed by atoms with van der Waals surface area (Å²) >= 11 is 5.81. The molecular weight excluding hydrogens is 240 g/mol. The second-order valence-corrected chi connectivity index (χ2v) is 4.46. The molecule has 1 aromatic rings. The Morgan fingerprint density at radius 1 is 1.53 bits per heavy atom. The number of hydroxylamine groups is 1. The molecule has 5 heteroatoms. The Morgan fingerprint density at radius 2 is 2.41 bits per heavy atom. The molecule has 1 fully saturated rings. The SMILES string of the molecule is O=C(NOC1CCCNC1)c1cccc(Cl)c1. The van der Waals surface area contributed by atoms with Crippen molar-refractivity contribution in [1.29, 1.82) is 0 Å². The van der Waals surface area contributed by atoms with E-state index in [0.717, 1.165) is 25.9 Å². The highest BCUT2D eigenvalue weighted by Gasteiger charge is 2.15. The first kappa shape index (κ1) is 12.4. The molecule has 2 rings (SSSR count). The van der Waals surface area contributed by atoms with E-state index in [4.69, 9.17) is 16.4 Å². The van der Waals surface area contributed by atoms with E-state index in [9.17, 15) is 4.79 Å². The molecule has 1 atom stereocenters. The largest absolute Gasteiger partial charge is 0.314 e. The van der Waals surface area contributed by atoms with Crippen molar-refractivity contribution in [2.75, 3.05) is 13.1 Å². The van der Waals surface area contributed by atoms with Crippen LogP contribution >= 0.6 is 11.6 Å². The Labute approximate surface area is 105 Å². The summed E-state index contributed by atoms with van der Waals surface area (Å²) in [5.41, 5.74) is 2.96. The zero-order chi connectivity index (χ0) is 12.1. The van der Waals surface area contributed by atoms with Crippen molar-refractivity contribution in [3.8, 4) is 0 Å². The molecule has 1 saturated heterocycles.